The third-order valence-corrected chi connectivity index (χ3v) is 4.80. The van der Waals surface area contributed by atoms with Gasteiger partial charge in [0.05, 0.1) is 18.7 Å². The van der Waals surface area contributed by atoms with Crippen LogP contribution in [0.5, 0.6) is 11.5 Å². The molecule has 2 heterocycles. The van der Waals surface area contributed by atoms with Crippen LogP contribution in [0.15, 0.2) is 29.8 Å². The first-order valence-corrected chi connectivity index (χ1v) is 8.72. The van der Waals surface area contributed by atoms with Crippen molar-refractivity contribution < 1.29 is 14.3 Å². The highest BCUT2D eigenvalue weighted by atomic mass is 32.1. The summed E-state index contributed by atoms with van der Waals surface area (Å²) in [5, 5.41) is 11.9. The molecule has 0 radical (unpaired) electrons. The third kappa shape index (κ3) is 4.00. The number of amides is 1. The first kappa shape index (κ1) is 17.0. The van der Waals surface area contributed by atoms with Crippen molar-refractivity contribution in [2.75, 3.05) is 44.8 Å². The highest BCUT2D eigenvalue weighted by molar-refractivity contribution is 7.13. The van der Waals surface area contributed by atoms with Gasteiger partial charge in [-0.25, -0.2) is 4.98 Å². The molecule has 1 aliphatic rings. The number of piperazine rings is 1. The van der Waals surface area contributed by atoms with Crippen LogP contribution < -0.4 is 14.4 Å². The lowest BCUT2D eigenvalue weighted by atomic mass is 10.2. The van der Waals surface area contributed by atoms with E-state index in [4.69, 9.17) is 14.7 Å². The Balaban J connectivity index is 1.53. The van der Waals surface area contributed by atoms with E-state index in [1.54, 1.807) is 40.6 Å². The summed E-state index contributed by atoms with van der Waals surface area (Å²) in [7, 11) is 1.50. The third-order valence-electron chi connectivity index (χ3n) is 3.97. The van der Waals surface area contributed by atoms with Crippen molar-refractivity contribution in [1.29, 1.82) is 5.26 Å². The minimum atomic E-state index is -0.0646. The molecule has 1 aromatic heterocycles. The maximum atomic E-state index is 12.4. The van der Waals surface area contributed by atoms with E-state index < -0.39 is 0 Å². The lowest BCUT2D eigenvalue weighted by Gasteiger charge is -2.34. The summed E-state index contributed by atoms with van der Waals surface area (Å²) in [5.41, 5.74) is 0.480. The van der Waals surface area contributed by atoms with Crippen molar-refractivity contribution in [2.45, 2.75) is 0 Å². The van der Waals surface area contributed by atoms with Crippen molar-refractivity contribution in [3.63, 3.8) is 0 Å². The van der Waals surface area contributed by atoms with E-state index in [0.717, 1.165) is 18.2 Å². The number of nitriles is 1. The molecule has 2 aromatic rings. The SMILES string of the molecule is COc1cc(C#N)ccc1OCC(=O)N1CCN(c2nccs2)CC1. The Bertz CT molecular complexity index is 765. The van der Waals surface area contributed by atoms with Gasteiger partial charge in [0.15, 0.2) is 23.2 Å². The Morgan fingerprint density at radius 2 is 2.12 bits per heavy atom. The number of anilines is 1. The van der Waals surface area contributed by atoms with Crippen LogP contribution in [-0.4, -0.2) is 55.7 Å². The lowest BCUT2D eigenvalue weighted by molar-refractivity contribution is -0.133. The zero-order valence-electron chi connectivity index (χ0n) is 13.8. The van der Waals surface area contributed by atoms with Gasteiger partial charge in [-0.15, -0.1) is 11.3 Å². The molecule has 0 N–H and O–H groups in total. The number of benzene rings is 1. The number of methoxy groups -OCH3 is 1. The van der Waals surface area contributed by atoms with Gasteiger partial charge in [0.25, 0.3) is 5.91 Å². The molecule has 0 atom stereocenters. The predicted octanol–water partition coefficient (Wildman–Crippen LogP) is 1.75. The fourth-order valence-corrected chi connectivity index (χ4v) is 3.30. The molecule has 1 aliphatic heterocycles. The minimum absolute atomic E-state index is 0.0560. The monoisotopic (exact) mass is 358 g/mol. The van der Waals surface area contributed by atoms with Crippen LogP contribution in [0, 0.1) is 11.3 Å². The molecule has 130 valence electrons. The number of carbonyl (C=O) groups excluding carboxylic acids is 1. The summed E-state index contributed by atoms with van der Waals surface area (Å²) in [4.78, 5) is 20.6. The quantitative estimate of drug-likeness (QED) is 0.810. The van der Waals surface area contributed by atoms with Gasteiger partial charge in [-0.05, 0) is 12.1 Å². The van der Waals surface area contributed by atoms with Crippen LogP contribution in [0.1, 0.15) is 5.56 Å². The number of aromatic nitrogens is 1. The van der Waals surface area contributed by atoms with Gasteiger partial charge < -0.3 is 19.3 Å². The van der Waals surface area contributed by atoms with E-state index in [-0.39, 0.29) is 12.5 Å². The molecule has 0 saturated carbocycles. The Morgan fingerprint density at radius 3 is 2.76 bits per heavy atom. The molecular weight excluding hydrogens is 340 g/mol. The Morgan fingerprint density at radius 1 is 1.32 bits per heavy atom. The number of ether oxygens (including phenoxy) is 2. The molecule has 0 aliphatic carbocycles. The van der Waals surface area contributed by atoms with E-state index in [0.29, 0.717) is 30.2 Å². The Kier molecular flexibility index (Phi) is 5.36. The first-order valence-electron chi connectivity index (χ1n) is 7.84. The van der Waals surface area contributed by atoms with Crippen molar-refractivity contribution >= 4 is 22.4 Å². The summed E-state index contributed by atoms with van der Waals surface area (Å²) >= 11 is 1.60. The molecule has 0 unspecified atom stereocenters. The van der Waals surface area contributed by atoms with E-state index in [2.05, 4.69) is 9.88 Å². The van der Waals surface area contributed by atoms with Crippen molar-refractivity contribution in [3.8, 4) is 17.6 Å². The second kappa shape index (κ2) is 7.85. The predicted molar refractivity (Wildman–Crippen MR) is 94.1 cm³/mol. The van der Waals surface area contributed by atoms with Gasteiger partial charge in [-0.3, -0.25) is 4.79 Å². The Hall–Kier alpha value is -2.79. The molecule has 0 spiro atoms. The molecule has 8 heteroatoms. The van der Waals surface area contributed by atoms with Gasteiger partial charge in [-0.1, -0.05) is 0 Å². The zero-order valence-corrected chi connectivity index (χ0v) is 14.7. The largest absolute Gasteiger partial charge is 0.493 e. The second-order valence-corrected chi connectivity index (χ2v) is 6.32. The number of thiazole rings is 1. The van der Waals surface area contributed by atoms with Gasteiger partial charge >= 0.3 is 0 Å². The topological polar surface area (TPSA) is 78.7 Å². The molecule has 1 amide bonds. The van der Waals surface area contributed by atoms with Crippen LogP contribution in [0.4, 0.5) is 5.13 Å². The number of nitrogens with zero attached hydrogens (tertiary/aromatic N) is 4. The first-order chi connectivity index (χ1) is 12.2. The maximum absolute atomic E-state index is 12.4. The highest BCUT2D eigenvalue weighted by Gasteiger charge is 2.22. The van der Waals surface area contributed by atoms with Crippen LogP contribution >= 0.6 is 11.3 Å². The van der Waals surface area contributed by atoms with Crippen LogP contribution in [-0.2, 0) is 4.79 Å². The maximum Gasteiger partial charge on any atom is 0.260 e. The Labute approximate surface area is 150 Å². The van der Waals surface area contributed by atoms with Gasteiger partial charge in [0, 0.05) is 43.8 Å². The van der Waals surface area contributed by atoms with E-state index in [9.17, 15) is 4.79 Å². The molecule has 1 saturated heterocycles. The normalized spacial score (nSPS) is 14.1. The van der Waals surface area contributed by atoms with Gasteiger partial charge in [0.2, 0.25) is 0 Å². The number of hydrogen-bond acceptors (Lipinski definition) is 7. The number of carbonyl (C=O) groups is 1. The molecular formula is C17H18N4O3S. The zero-order chi connectivity index (χ0) is 17.6. The average Bonchev–Trinajstić information content (AvgIpc) is 3.20. The average molecular weight is 358 g/mol. The standard InChI is InChI=1S/C17H18N4O3S/c1-23-15-10-13(11-18)2-3-14(15)24-12-16(22)20-5-7-21(8-6-20)17-19-4-9-25-17/h2-4,9-10H,5-8,12H2,1H3. The highest BCUT2D eigenvalue weighted by Crippen LogP contribution is 2.28. The van der Waals surface area contributed by atoms with Gasteiger partial charge in [-0.2, -0.15) is 5.26 Å². The summed E-state index contributed by atoms with van der Waals surface area (Å²) in [6.07, 6.45) is 1.79. The molecule has 0 bridgehead atoms. The molecule has 25 heavy (non-hydrogen) atoms. The molecule has 7 nitrogen and oxygen atoms in total. The van der Waals surface area contributed by atoms with Crippen molar-refractivity contribution in [1.82, 2.24) is 9.88 Å². The van der Waals surface area contributed by atoms with E-state index >= 15 is 0 Å². The molecule has 3 rings (SSSR count). The fourth-order valence-electron chi connectivity index (χ4n) is 2.61. The summed E-state index contributed by atoms with van der Waals surface area (Å²) in [6, 6.07) is 6.91. The summed E-state index contributed by atoms with van der Waals surface area (Å²) < 4.78 is 10.8. The van der Waals surface area contributed by atoms with E-state index in [1.165, 1.54) is 7.11 Å². The van der Waals surface area contributed by atoms with Crippen LogP contribution in [0.2, 0.25) is 0 Å². The summed E-state index contributed by atoms with van der Waals surface area (Å²) in [6.45, 7) is 2.76. The number of hydrogen-bond donors (Lipinski definition) is 0. The smallest absolute Gasteiger partial charge is 0.260 e. The second-order valence-electron chi connectivity index (χ2n) is 5.45. The van der Waals surface area contributed by atoms with Crippen LogP contribution in [0.3, 0.4) is 0 Å². The molecule has 1 aromatic carbocycles. The fraction of sp³-hybridized carbons (Fsp3) is 0.353. The van der Waals surface area contributed by atoms with Crippen molar-refractivity contribution in [2.24, 2.45) is 0 Å². The minimum Gasteiger partial charge on any atom is -0.493 e. The summed E-state index contributed by atoms with van der Waals surface area (Å²) in [5.74, 6) is 0.835. The van der Waals surface area contributed by atoms with Crippen LogP contribution in [0.25, 0.3) is 0 Å². The van der Waals surface area contributed by atoms with Crippen molar-refractivity contribution in [3.05, 3.63) is 35.3 Å². The van der Waals surface area contributed by atoms with Gasteiger partial charge in [0.1, 0.15) is 0 Å². The lowest BCUT2D eigenvalue weighted by Crippen LogP contribution is -2.50. The van der Waals surface area contributed by atoms with E-state index in [1.807, 2.05) is 11.4 Å². The molecule has 1 fully saturated rings. The number of rotatable bonds is 5.